The molecule has 0 radical (unpaired) electrons. The molecule has 0 spiro atoms. The number of nitrogens with zero attached hydrogens (tertiary/aromatic N) is 2. The van der Waals surface area contributed by atoms with Crippen LogP contribution < -0.4 is 25.5 Å². The van der Waals surface area contributed by atoms with Crippen LogP contribution in [0.5, 0.6) is 0 Å². The van der Waals surface area contributed by atoms with Gasteiger partial charge in [-0.3, -0.25) is 0 Å². The summed E-state index contributed by atoms with van der Waals surface area (Å²) >= 11 is 2.10. The van der Waals surface area contributed by atoms with Crippen LogP contribution in [0.3, 0.4) is 0 Å². The molecule has 14 rings (SSSR count). The van der Waals surface area contributed by atoms with Crippen LogP contribution in [0.15, 0.2) is 126 Å². The number of hydrogen-bond donors (Lipinski definition) is 0. The van der Waals surface area contributed by atoms with E-state index in [4.69, 9.17) is 4.42 Å². The fourth-order valence-electron chi connectivity index (χ4n) is 14.9. The van der Waals surface area contributed by atoms with Crippen LogP contribution in [0.2, 0.25) is 0 Å². The van der Waals surface area contributed by atoms with Crippen LogP contribution in [-0.2, 0) is 32.5 Å². The van der Waals surface area contributed by atoms with Gasteiger partial charge in [-0.25, -0.2) is 0 Å². The maximum atomic E-state index is 7.04. The number of benzene rings is 7. The van der Waals surface area contributed by atoms with Gasteiger partial charge in [0, 0.05) is 59.2 Å². The monoisotopic (exact) mass is 959 g/mol. The van der Waals surface area contributed by atoms with Crippen molar-refractivity contribution in [2.24, 2.45) is 0 Å². The number of fused-ring (bicyclic) bond motifs is 14. The summed E-state index contributed by atoms with van der Waals surface area (Å²) in [4.78, 5) is 5.35. The van der Waals surface area contributed by atoms with Crippen molar-refractivity contribution in [2.45, 2.75) is 148 Å². The van der Waals surface area contributed by atoms with Gasteiger partial charge in [0.15, 0.2) is 5.58 Å². The molecule has 360 valence electrons. The third-order valence-electron chi connectivity index (χ3n) is 19.2. The first-order valence-corrected chi connectivity index (χ1v) is 27.6. The topological polar surface area (TPSA) is 19.6 Å². The van der Waals surface area contributed by atoms with E-state index in [-0.39, 0.29) is 39.2 Å². The Morgan fingerprint density at radius 3 is 1.79 bits per heavy atom. The van der Waals surface area contributed by atoms with Crippen molar-refractivity contribution in [2.75, 3.05) is 9.80 Å². The van der Waals surface area contributed by atoms with E-state index in [0.717, 1.165) is 27.6 Å². The van der Waals surface area contributed by atoms with Crippen molar-refractivity contribution in [3.63, 3.8) is 0 Å². The fraction of sp³-hybridized carbons (Fsp3) is 0.343. The number of hydrogen-bond acceptors (Lipinski definition) is 4. The predicted molar refractivity (Wildman–Crippen MR) is 309 cm³/mol. The first kappa shape index (κ1) is 44.6. The molecule has 0 saturated heterocycles. The van der Waals surface area contributed by atoms with Crippen LogP contribution in [0.1, 0.15) is 159 Å². The Bertz CT molecular complexity index is 3870. The quantitative estimate of drug-likeness (QED) is 0.161. The molecule has 9 aromatic rings. The zero-order chi connectivity index (χ0) is 50.0. The molecule has 0 unspecified atom stereocenters. The van der Waals surface area contributed by atoms with Crippen LogP contribution in [0.4, 0.5) is 34.1 Å². The van der Waals surface area contributed by atoms with Gasteiger partial charge in [0.05, 0.1) is 11.4 Å². The van der Waals surface area contributed by atoms with E-state index < -0.39 is 0 Å². The van der Waals surface area contributed by atoms with E-state index in [1.54, 1.807) is 5.56 Å². The number of rotatable bonds is 2. The van der Waals surface area contributed by atoms with E-state index >= 15 is 0 Å². The van der Waals surface area contributed by atoms with Crippen molar-refractivity contribution >= 4 is 99.9 Å². The number of aryl methyl sites for hydroxylation is 1. The SMILES string of the molecule is Cc1cc2c3c(c1)N(c1cccc4c1oc1ccccc14)c1cc4c(cc1B3c1sc3c5c(ccc3c1N2c1ccc2c(c1)C(C)(C)CCC2(C)C)C(C)(C)CCC5(C)C)C(C)(C)c1ccccc1C4(C)C. The minimum atomic E-state index is -0.232. The fourth-order valence-corrected chi connectivity index (χ4v) is 16.5. The van der Waals surface area contributed by atoms with Gasteiger partial charge in [-0.2, -0.15) is 0 Å². The molecule has 5 aliphatic rings. The Balaban J connectivity index is 1.14. The Labute approximate surface area is 431 Å². The summed E-state index contributed by atoms with van der Waals surface area (Å²) in [6.07, 6.45) is 4.72. The van der Waals surface area contributed by atoms with Gasteiger partial charge in [-0.15, -0.1) is 11.3 Å². The van der Waals surface area contributed by atoms with Crippen molar-refractivity contribution in [1.29, 1.82) is 0 Å². The van der Waals surface area contributed by atoms with Crippen molar-refractivity contribution in [3.8, 4) is 0 Å². The first-order chi connectivity index (χ1) is 34.1. The van der Waals surface area contributed by atoms with Gasteiger partial charge < -0.3 is 14.2 Å². The highest BCUT2D eigenvalue weighted by Crippen LogP contribution is 2.57. The zero-order valence-corrected chi connectivity index (χ0v) is 45.5. The lowest BCUT2D eigenvalue weighted by molar-refractivity contribution is 0.332. The van der Waals surface area contributed by atoms with Gasteiger partial charge in [-0.1, -0.05) is 162 Å². The lowest BCUT2D eigenvalue weighted by atomic mass is 9.35. The van der Waals surface area contributed by atoms with Gasteiger partial charge in [0.25, 0.3) is 6.71 Å². The summed E-state index contributed by atoms with van der Waals surface area (Å²) in [5.41, 5.74) is 24.8. The molecule has 0 saturated carbocycles. The molecular formula is C67H67BN2OS. The summed E-state index contributed by atoms with van der Waals surface area (Å²) in [5, 5.41) is 3.68. The van der Waals surface area contributed by atoms with Crippen molar-refractivity contribution < 1.29 is 4.42 Å². The largest absolute Gasteiger partial charge is 0.454 e. The molecule has 0 fully saturated rings. The minimum absolute atomic E-state index is 0.00915. The van der Waals surface area contributed by atoms with Crippen LogP contribution >= 0.6 is 11.3 Å². The normalized spacial score (nSPS) is 19.8. The summed E-state index contributed by atoms with van der Waals surface area (Å²) in [6.45, 7) is 32.0. The van der Waals surface area contributed by atoms with Gasteiger partial charge in [0.2, 0.25) is 0 Å². The summed E-state index contributed by atoms with van der Waals surface area (Å²) in [5.74, 6) is 0. The molecule has 5 heteroatoms. The average molecular weight is 959 g/mol. The highest BCUT2D eigenvalue weighted by molar-refractivity contribution is 7.34. The Kier molecular flexibility index (Phi) is 8.79. The molecule has 3 aliphatic carbocycles. The van der Waals surface area contributed by atoms with Gasteiger partial charge in [-0.05, 0) is 158 Å². The van der Waals surface area contributed by atoms with E-state index in [9.17, 15) is 0 Å². The lowest BCUT2D eigenvalue weighted by Crippen LogP contribution is -2.61. The summed E-state index contributed by atoms with van der Waals surface area (Å²) in [6, 6.07) is 47.5. The maximum absolute atomic E-state index is 7.04. The zero-order valence-electron chi connectivity index (χ0n) is 44.7. The Hall–Kier alpha value is -6.04. The minimum Gasteiger partial charge on any atom is -0.454 e. The van der Waals surface area contributed by atoms with Crippen LogP contribution in [-0.4, -0.2) is 6.71 Å². The first-order valence-electron chi connectivity index (χ1n) is 26.8. The molecular weight excluding hydrogens is 892 g/mol. The average Bonchev–Trinajstić information content (AvgIpc) is 3.92. The second-order valence-corrected chi connectivity index (χ2v) is 27.3. The van der Waals surface area contributed by atoms with E-state index in [1.165, 1.54) is 124 Å². The third-order valence-corrected chi connectivity index (χ3v) is 20.5. The molecule has 0 atom stereocenters. The van der Waals surface area contributed by atoms with Crippen LogP contribution in [0.25, 0.3) is 32.0 Å². The van der Waals surface area contributed by atoms with E-state index in [0.29, 0.717) is 0 Å². The second-order valence-electron chi connectivity index (χ2n) is 26.3. The molecule has 4 heterocycles. The highest BCUT2D eigenvalue weighted by atomic mass is 32.1. The molecule has 3 nitrogen and oxygen atoms in total. The molecule has 0 bridgehead atoms. The van der Waals surface area contributed by atoms with Gasteiger partial charge in [0.1, 0.15) is 5.58 Å². The Morgan fingerprint density at radius 1 is 0.472 bits per heavy atom. The number of anilines is 6. The highest BCUT2D eigenvalue weighted by Gasteiger charge is 2.51. The maximum Gasteiger partial charge on any atom is 0.264 e. The Morgan fingerprint density at radius 2 is 1.07 bits per heavy atom. The van der Waals surface area contributed by atoms with Crippen molar-refractivity contribution in [1.82, 2.24) is 0 Å². The molecule has 0 N–H and O–H groups in total. The number of para-hydroxylation sites is 2. The lowest BCUT2D eigenvalue weighted by Gasteiger charge is -2.48. The molecule has 0 amide bonds. The summed E-state index contributed by atoms with van der Waals surface area (Å²) < 4.78 is 9.96. The summed E-state index contributed by atoms with van der Waals surface area (Å²) in [7, 11) is 0. The second kappa shape index (κ2) is 14.2. The van der Waals surface area contributed by atoms with Crippen LogP contribution in [0, 0.1) is 6.92 Å². The van der Waals surface area contributed by atoms with Gasteiger partial charge >= 0.3 is 0 Å². The number of furan rings is 1. The molecule has 2 aromatic heterocycles. The third kappa shape index (κ3) is 5.75. The molecule has 7 aromatic carbocycles. The number of thiophene rings is 1. The predicted octanol–water partition coefficient (Wildman–Crippen LogP) is 16.9. The molecule has 72 heavy (non-hydrogen) atoms. The standard InChI is InChI=1S/C67H67BN2OS/c1-38-33-53-57-54(34-38)70(51-23-18-20-41-40-19-14-17-24-55(40)71-59(41)51)52-37-49-48(66(10,11)44-21-15-16-22-45(44)67(49,12)13)36-50(52)68(57)61-58(42-26-28-46-56(60(42)72-61)65(8,9)32-31-63(46,4)5)69(53)39-25-27-43-47(35-39)64(6,7)30-29-62(43,2)3/h14-28,33-37H,29-32H2,1-13H3. The van der Waals surface area contributed by atoms with E-state index in [2.05, 4.69) is 232 Å². The van der Waals surface area contributed by atoms with E-state index in [1.807, 2.05) is 0 Å². The molecule has 2 aliphatic heterocycles. The van der Waals surface area contributed by atoms with Crippen molar-refractivity contribution in [3.05, 3.63) is 171 Å². The smallest absolute Gasteiger partial charge is 0.264 e.